The van der Waals surface area contributed by atoms with Gasteiger partial charge in [0.15, 0.2) is 11.6 Å². The van der Waals surface area contributed by atoms with Crippen LogP contribution in [0.25, 0.3) is 0 Å². The summed E-state index contributed by atoms with van der Waals surface area (Å²) < 4.78 is 19.7. The zero-order chi connectivity index (χ0) is 15.3. The van der Waals surface area contributed by atoms with E-state index in [2.05, 4.69) is 31.1 Å². The molecule has 21 heavy (non-hydrogen) atoms. The van der Waals surface area contributed by atoms with Crippen LogP contribution in [0.2, 0.25) is 0 Å². The second kappa shape index (κ2) is 6.68. The summed E-state index contributed by atoms with van der Waals surface area (Å²) in [4.78, 5) is 3.95. The number of nitrogens with zero attached hydrogens (tertiary/aromatic N) is 1. The van der Waals surface area contributed by atoms with Gasteiger partial charge in [0, 0.05) is 30.0 Å². The quantitative estimate of drug-likeness (QED) is 0.911. The van der Waals surface area contributed by atoms with Crippen LogP contribution in [-0.4, -0.2) is 10.5 Å². The van der Waals surface area contributed by atoms with Crippen LogP contribution in [0.15, 0.2) is 42.7 Å². The summed E-state index contributed by atoms with van der Waals surface area (Å²) in [6.07, 6.45) is 3.39. The lowest BCUT2D eigenvalue weighted by atomic mass is 10.1. The Hall–Kier alpha value is -1.94. The van der Waals surface area contributed by atoms with E-state index in [9.17, 15) is 4.39 Å². The van der Waals surface area contributed by atoms with Gasteiger partial charge in [-0.25, -0.2) is 4.39 Å². The highest BCUT2D eigenvalue weighted by molar-refractivity contribution is 5.35. The Morgan fingerprint density at radius 2 is 1.86 bits per heavy atom. The first-order valence-electron chi connectivity index (χ1n) is 7.00. The minimum Gasteiger partial charge on any atom is -0.485 e. The molecule has 1 aromatic heterocycles. The van der Waals surface area contributed by atoms with E-state index in [1.807, 2.05) is 18.2 Å². The molecule has 0 bridgehead atoms. The van der Waals surface area contributed by atoms with Gasteiger partial charge in [0.2, 0.25) is 0 Å². The molecule has 2 aromatic rings. The fourth-order valence-electron chi connectivity index (χ4n) is 1.85. The molecule has 0 saturated carbocycles. The Balaban J connectivity index is 2.10. The van der Waals surface area contributed by atoms with Crippen molar-refractivity contribution in [2.45, 2.75) is 39.5 Å². The van der Waals surface area contributed by atoms with Gasteiger partial charge in [-0.05, 0) is 44.5 Å². The molecule has 0 fully saturated rings. The van der Waals surface area contributed by atoms with Crippen molar-refractivity contribution in [2.75, 3.05) is 0 Å². The minimum absolute atomic E-state index is 0.0330. The molecule has 2 rings (SSSR count). The van der Waals surface area contributed by atoms with Gasteiger partial charge in [-0.1, -0.05) is 12.1 Å². The van der Waals surface area contributed by atoms with E-state index < -0.39 is 0 Å². The first-order valence-corrected chi connectivity index (χ1v) is 7.00. The van der Waals surface area contributed by atoms with E-state index >= 15 is 0 Å². The molecular weight excluding hydrogens is 267 g/mol. The molecule has 0 spiro atoms. The molecule has 0 aliphatic heterocycles. The smallest absolute Gasteiger partial charge is 0.165 e. The zero-order valence-electron chi connectivity index (χ0n) is 12.7. The van der Waals surface area contributed by atoms with Crippen molar-refractivity contribution in [3.63, 3.8) is 0 Å². The van der Waals surface area contributed by atoms with Crippen LogP contribution in [0.5, 0.6) is 5.75 Å². The maximum Gasteiger partial charge on any atom is 0.165 e. The van der Waals surface area contributed by atoms with Gasteiger partial charge in [0.05, 0.1) is 0 Å². The minimum atomic E-state index is -0.336. The number of para-hydroxylation sites is 1. The standard InChI is InChI=1S/C17H21FN2O/c1-17(2,3)20-11-14-5-4-6-15(18)16(14)21-12-13-7-9-19-10-8-13/h4-10,20H,11-12H2,1-3H3. The highest BCUT2D eigenvalue weighted by Crippen LogP contribution is 2.24. The SMILES string of the molecule is CC(C)(C)NCc1cccc(F)c1OCc1ccncc1. The average molecular weight is 288 g/mol. The summed E-state index contributed by atoms with van der Waals surface area (Å²) in [7, 11) is 0. The van der Waals surface area contributed by atoms with Crippen LogP contribution in [0.4, 0.5) is 4.39 Å². The van der Waals surface area contributed by atoms with Crippen LogP contribution >= 0.6 is 0 Å². The van der Waals surface area contributed by atoms with Crippen molar-refractivity contribution < 1.29 is 9.13 Å². The Morgan fingerprint density at radius 3 is 2.52 bits per heavy atom. The van der Waals surface area contributed by atoms with Gasteiger partial charge in [0.1, 0.15) is 6.61 Å². The predicted molar refractivity (Wildman–Crippen MR) is 81.6 cm³/mol. The summed E-state index contributed by atoms with van der Waals surface area (Å²) in [5.41, 5.74) is 1.75. The third-order valence-corrected chi connectivity index (χ3v) is 2.99. The third kappa shape index (κ3) is 4.83. The second-order valence-electron chi connectivity index (χ2n) is 5.98. The Kier molecular flexibility index (Phi) is 4.91. The molecule has 1 heterocycles. The van der Waals surface area contributed by atoms with Crippen molar-refractivity contribution in [1.29, 1.82) is 0 Å². The largest absolute Gasteiger partial charge is 0.485 e. The van der Waals surface area contributed by atoms with Crippen molar-refractivity contribution in [2.24, 2.45) is 0 Å². The molecule has 0 aliphatic rings. The molecule has 0 radical (unpaired) electrons. The van der Waals surface area contributed by atoms with E-state index in [0.29, 0.717) is 18.9 Å². The van der Waals surface area contributed by atoms with E-state index in [1.165, 1.54) is 6.07 Å². The Bertz CT molecular complexity index is 579. The highest BCUT2D eigenvalue weighted by atomic mass is 19.1. The monoisotopic (exact) mass is 288 g/mol. The van der Waals surface area contributed by atoms with Crippen LogP contribution < -0.4 is 10.1 Å². The molecule has 0 atom stereocenters. The number of hydrogen-bond donors (Lipinski definition) is 1. The lowest BCUT2D eigenvalue weighted by Crippen LogP contribution is -2.35. The molecule has 0 unspecified atom stereocenters. The van der Waals surface area contributed by atoms with Gasteiger partial charge in [-0.15, -0.1) is 0 Å². The lowest BCUT2D eigenvalue weighted by Gasteiger charge is -2.22. The first kappa shape index (κ1) is 15.4. The number of rotatable bonds is 5. The highest BCUT2D eigenvalue weighted by Gasteiger charge is 2.14. The van der Waals surface area contributed by atoms with E-state index in [1.54, 1.807) is 18.5 Å². The average Bonchev–Trinajstić information content (AvgIpc) is 2.44. The molecule has 0 saturated heterocycles. The van der Waals surface area contributed by atoms with Crippen LogP contribution in [0.3, 0.4) is 0 Å². The van der Waals surface area contributed by atoms with Gasteiger partial charge in [-0.3, -0.25) is 4.98 Å². The van der Waals surface area contributed by atoms with Crippen molar-refractivity contribution in [1.82, 2.24) is 10.3 Å². The third-order valence-electron chi connectivity index (χ3n) is 2.99. The maximum absolute atomic E-state index is 14.0. The van der Waals surface area contributed by atoms with Gasteiger partial charge in [-0.2, -0.15) is 0 Å². The fourth-order valence-corrected chi connectivity index (χ4v) is 1.85. The number of ether oxygens (including phenoxy) is 1. The van der Waals surface area contributed by atoms with Crippen molar-refractivity contribution >= 4 is 0 Å². The maximum atomic E-state index is 14.0. The van der Waals surface area contributed by atoms with Gasteiger partial charge < -0.3 is 10.1 Å². The normalized spacial score (nSPS) is 11.4. The summed E-state index contributed by atoms with van der Waals surface area (Å²) in [6.45, 7) is 7.11. The Labute approximate surface area is 125 Å². The van der Waals surface area contributed by atoms with E-state index in [-0.39, 0.29) is 11.4 Å². The number of pyridine rings is 1. The molecule has 112 valence electrons. The van der Waals surface area contributed by atoms with E-state index in [0.717, 1.165) is 11.1 Å². The van der Waals surface area contributed by atoms with Crippen molar-refractivity contribution in [3.8, 4) is 5.75 Å². The number of nitrogens with one attached hydrogen (secondary N) is 1. The van der Waals surface area contributed by atoms with Crippen LogP contribution in [0.1, 0.15) is 31.9 Å². The predicted octanol–water partition coefficient (Wildman–Crippen LogP) is 3.69. The molecule has 0 aliphatic carbocycles. The van der Waals surface area contributed by atoms with E-state index in [4.69, 9.17) is 4.74 Å². The fraction of sp³-hybridized carbons (Fsp3) is 0.353. The van der Waals surface area contributed by atoms with Gasteiger partial charge in [0.25, 0.3) is 0 Å². The van der Waals surface area contributed by atoms with Crippen molar-refractivity contribution in [3.05, 3.63) is 59.7 Å². The summed E-state index contributed by atoms with van der Waals surface area (Å²) >= 11 is 0. The number of hydrogen-bond acceptors (Lipinski definition) is 3. The van der Waals surface area contributed by atoms with Gasteiger partial charge >= 0.3 is 0 Å². The lowest BCUT2D eigenvalue weighted by molar-refractivity contribution is 0.284. The Morgan fingerprint density at radius 1 is 1.14 bits per heavy atom. The first-order chi connectivity index (χ1) is 9.96. The molecule has 4 heteroatoms. The zero-order valence-corrected chi connectivity index (χ0v) is 12.7. The molecule has 0 amide bonds. The topological polar surface area (TPSA) is 34.1 Å². The number of aromatic nitrogens is 1. The molecule has 3 nitrogen and oxygen atoms in total. The second-order valence-corrected chi connectivity index (χ2v) is 5.98. The molecule has 1 aromatic carbocycles. The summed E-state index contributed by atoms with van der Waals surface area (Å²) in [5, 5.41) is 3.35. The molecule has 1 N–H and O–H groups in total. The summed E-state index contributed by atoms with van der Waals surface area (Å²) in [6, 6.07) is 8.71. The van der Waals surface area contributed by atoms with Crippen LogP contribution in [0, 0.1) is 5.82 Å². The number of benzene rings is 1. The number of halogens is 1. The van der Waals surface area contributed by atoms with Crippen LogP contribution in [-0.2, 0) is 13.2 Å². The summed E-state index contributed by atoms with van der Waals surface area (Å²) in [5.74, 6) is -0.0247. The molecular formula is C17H21FN2O.